The summed E-state index contributed by atoms with van der Waals surface area (Å²) in [5.41, 5.74) is 0. The van der Waals surface area contributed by atoms with Gasteiger partial charge in [0, 0.05) is 0 Å². The first-order valence-electron chi connectivity index (χ1n) is 0.689. The van der Waals surface area contributed by atoms with Crippen LogP contribution in [0.25, 0.3) is 0 Å². The summed E-state index contributed by atoms with van der Waals surface area (Å²) < 4.78 is 2.24. The van der Waals surface area contributed by atoms with E-state index < -0.39 is 0 Å². The Bertz CT molecular complexity index is 8.00. The van der Waals surface area contributed by atoms with E-state index in [0.717, 1.165) is 0 Å². The van der Waals surface area contributed by atoms with E-state index in [9.17, 15) is 0 Å². The second kappa shape index (κ2) is 8.84. The summed E-state index contributed by atoms with van der Waals surface area (Å²) in [5, 5.41) is 0. The van der Waals surface area contributed by atoms with E-state index in [2.05, 4.69) is 16.5 Å². The van der Waals surface area contributed by atoms with E-state index in [-0.39, 0.29) is 28.0 Å². The SMILES string of the molecule is N.[CH3][Pb][Br]. The van der Waals surface area contributed by atoms with Crippen LogP contribution in [-0.2, 0) is 0 Å². The maximum atomic E-state index is 3.34. The van der Waals surface area contributed by atoms with Gasteiger partial charge < -0.3 is 6.15 Å². The van der Waals surface area contributed by atoms with Crippen molar-refractivity contribution in [1.82, 2.24) is 6.15 Å². The van der Waals surface area contributed by atoms with E-state index in [1.54, 1.807) is 0 Å². The van der Waals surface area contributed by atoms with E-state index >= 15 is 0 Å². The molecule has 26 valence electrons. The van der Waals surface area contributed by atoms with Crippen molar-refractivity contribution in [2.75, 3.05) is 0 Å². The first kappa shape index (κ1) is 9.03. The molecular weight excluding hydrogens is 313 g/mol. The third-order valence-corrected chi connectivity index (χ3v) is 0. The van der Waals surface area contributed by atoms with Crippen LogP contribution in [-0.4, -0.2) is 21.8 Å². The van der Waals surface area contributed by atoms with E-state index in [0.29, 0.717) is 0 Å². The van der Waals surface area contributed by atoms with Gasteiger partial charge in [0.2, 0.25) is 0 Å². The van der Waals surface area contributed by atoms with Crippen molar-refractivity contribution in [3.63, 3.8) is 0 Å². The molecule has 0 aromatic carbocycles. The Morgan fingerprint density at radius 3 is 1.75 bits per heavy atom. The summed E-state index contributed by atoms with van der Waals surface area (Å²) in [7, 11) is 0. The van der Waals surface area contributed by atoms with Crippen molar-refractivity contribution < 1.29 is 0 Å². The molecule has 0 spiro atoms. The summed E-state index contributed by atoms with van der Waals surface area (Å²) in [4.78, 5) is 0. The molecular formula is CH6BrNPb. The first-order valence-corrected chi connectivity index (χ1v) is 13.0. The molecule has 0 saturated heterocycles. The number of hydrogen-bond donors (Lipinski definition) is 1. The normalized spacial score (nSPS) is 4.50. The molecule has 3 N–H and O–H groups in total. The molecule has 0 saturated carbocycles. The minimum absolute atomic E-state index is 0. The van der Waals surface area contributed by atoms with Gasteiger partial charge in [-0.15, -0.1) is 0 Å². The van der Waals surface area contributed by atoms with Gasteiger partial charge in [0.1, 0.15) is 0 Å². The molecule has 0 atom stereocenters. The average molecular weight is 319 g/mol. The molecule has 0 fully saturated rings. The Hall–Kier alpha value is 1.36. The quantitative estimate of drug-likeness (QED) is 0.669. The van der Waals surface area contributed by atoms with Gasteiger partial charge in [0.25, 0.3) is 0 Å². The molecule has 0 amide bonds. The molecule has 4 heavy (non-hydrogen) atoms. The molecule has 2 radical (unpaired) electrons. The third-order valence-electron chi connectivity index (χ3n) is 0. The monoisotopic (exact) mass is 319 g/mol. The zero-order chi connectivity index (χ0) is 2.71. The fourth-order valence-electron chi connectivity index (χ4n) is 0. The van der Waals surface area contributed by atoms with Crippen molar-refractivity contribution in [3.8, 4) is 0 Å². The second-order valence-corrected chi connectivity index (χ2v) is 8.62. The van der Waals surface area contributed by atoms with Gasteiger partial charge in [-0.3, -0.25) is 0 Å². The van der Waals surface area contributed by atoms with Crippen molar-refractivity contribution in [2.45, 2.75) is 4.48 Å². The summed E-state index contributed by atoms with van der Waals surface area (Å²) >= 11 is 3.24. The van der Waals surface area contributed by atoms with Gasteiger partial charge in [0.05, 0.1) is 0 Å². The molecule has 0 aromatic rings. The van der Waals surface area contributed by atoms with Crippen LogP contribution in [0.15, 0.2) is 0 Å². The molecule has 0 aliphatic heterocycles. The Labute approximate surface area is 44.3 Å². The Morgan fingerprint density at radius 1 is 1.75 bits per heavy atom. The molecule has 0 bridgehead atoms. The van der Waals surface area contributed by atoms with Crippen LogP contribution in [0.5, 0.6) is 0 Å². The number of halogens is 1. The fourth-order valence-corrected chi connectivity index (χ4v) is 0. The van der Waals surface area contributed by atoms with E-state index in [1.807, 2.05) is 0 Å². The standard InChI is InChI=1S/CH3.BrH.H3N.Pb/h1H3;1H;1H3;/q;;;+1/p-1. The van der Waals surface area contributed by atoms with Crippen LogP contribution >= 0.6 is 12.0 Å². The zero-order valence-electron chi connectivity index (χ0n) is 2.59. The predicted octanol–water partition coefficient (Wildman–Crippen LogP) is 1.21. The zero-order valence-corrected chi connectivity index (χ0v) is 8.06. The topological polar surface area (TPSA) is 35.0 Å². The van der Waals surface area contributed by atoms with Gasteiger partial charge in [0.15, 0.2) is 0 Å². The molecule has 0 aliphatic carbocycles. The summed E-state index contributed by atoms with van der Waals surface area (Å²) in [6.07, 6.45) is 0. The van der Waals surface area contributed by atoms with Gasteiger partial charge in [-0.25, -0.2) is 0 Å². The minimum atomic E-state index is -0.104. The van der Waals surface area contributed by atoms with Crippen molar-refractivity contribution in [2.24, 2.45) is 0 Å². The Balaban J connectivity index is 0. The van der Waals surface area contributed by atoms with Gasteiger partial charge in [-0.2, -0.15) is 0 Å². The molecule has 0 aromatic heterocycles. The molecule has 0 unspecified atom stereocenters. The molecule has 0 rings (SSSR count). The van der Waals surface area contributed by atoms with Crippen molar-refractivity contribution >= 4 is 33.8 Å². The van der Waals surface area contributed by atoms with E-state index in [1.165, 1.54) is 0 Å². The average Bonchev–Trinajstić information content (AvgIpc) is 0.918. The summed E-state index contributed by atoms with van der Waals surface area (Å²) in [5.74, 6) is 0. The first-order chi connectivity index (χ1) is 1.41. The van der Waals surface area contributed by atoms with E-state index in [4.69, 9.17) is 0 Å². The van der Waals surface area contributed by atoms with Crippen LogP contribution in [0, 0.1) is 0 Å². The Kier molecular flexibility index (Phi) is 19.9. The number of hydrogen-bond acceptors (Lipinski definition) is 1. The van der Waals surface area contributed by atoms with Crippen LogP contribution in [0.3, 0.4) is 0 Å². The summed E-state index contributed by atoms with van der Waals surface area (Å²) in [6, 6.07) is 0. The summed E-state index contributed by atoms with van der Waals surface area (Å²) in [6.45, 7) is 0. The molecule has 0 heterocycles. The molecule has 0 aliphatic rings. The van der Waals surface area contributed by atoms with Gasteiger partial charge in [-0.1, -0.05) is 0 Å². The van der Waals surface area contributed by atoms with Crippen LogP contribution in [0.2, 0.25) is 4.48 Å². The second-order valence-electron chi connectivity index (χ2n) is 0.189. The van der Waals surface area contributed by atoms with Gasteiger partial charge >= 0.3 is 38.3 Å². The Morgan fingerprint density at radius 2 is 1.75 bits per heavy atom. The number of rotatable bonds is 0. The maximum absolute atomic E-state index is 3.34. The van der Waals surface area contributed by atoms with Crippen LogP contribution < -0.4 is 6.15 Å². The van der Waals surface area contributed by atoms with Crippen molar-refractivity contribution in [3.05, 3.63) is 0 Å². The van der Waals surface area contributed by atoms with Gasteiger partial charge in [-0.05, 0) is 0 Å². The predicted molar refractivity (Wildman–Crippen MR) is 25.6 cm³/mol. The van der Waals surface area contributed by atoms with Crippen molar-refractivity contribution in [1.29, 1.82) is 0 Å². The molecule has 1 nitrogen and oxygen atoms in total. The third kappa shape index (κ3) is 10.1. The van der Waals surface area contributed by atoms with Crippen LogP contribution in [0.4, 0.5) is 0 Å². The molecule has 3 heteroatoms. The fraction of sp³-hybridized carbons (Fsp3) is 1.00. The van der Waals surface area contributed by atoms with Crippen LogP contribution in [0.1, 0.15) is 0 Å².